The number of methoxy groups -OCH3 is 1. The lowest BCUT2D eigenvalue weighted by Crippen LogP contribution is -2.34. The van der Waals surface area contributed by atoms with Crippen LogP contribution < -0.4 is 10.6 Å². The van der Waals surface area contributed by atoms with Crippen molar-refractivity contribution in [2.24, 2.45) is 5.92 Å². The van der Waals surface area contributed by atoms with Crippen LogP contribution in [0.2, 0.25) is 0 Å². The Morgan fingerprint density at radius 2 is 2.18 bits per heavy atom. The zero-order chi connectivity index (χ0) is 16.1. The van der Waals surface area contributed by atoms with Crippen molar-refractivity contribution in [3.8, 4) is 0 Å². The number of aromatic nitrogens is 2. The molecular weight excluding hydrogens is 284 g/mol. The molecule has 1 aliphatic heterocycles. The number of nitrogens with one attached hydrogen (secondary N) is 2. The molecule has 1 aromatic rings. The van der Waals surface area contributed by atoms with E-state index in [1.54, 1.807) is 0 Å². The van der Waals surface area contributed by atoms with E-state index in [0.29, 0.717) is 49.2 Å². The summed E-state index contributed by atoms with van der Waals surface area (Å²) in [5.41, 5.74) is 1.26. The number of hydrogen-bond donors (Lipinski definition) is 2. The molecule has 1 amide bonds. The molecular formula is C15H22N4O3. The third kappa shape index (κ3) is 3.93. The van der Waals surface area contributed by atoms with Gasteiger partial charge in [-0.05, 0) is 12.3 Å². The molecule has 7 nitrogen and oxygen atoms in total. The summed E-state index contributed by atoms with van der Waals surface area (Å²) >= 11 is 0. The normalized spacial score (nSPS) is 13.5. The molecule has 1 aliphatic rings. The Kier molecular flexibility index (Phi) is 5.30. The van der Waals surface area contributed by atoms with Gasteiger partial charge in [0.25, 0.3) is 5.91 Å². The minimum atomic E-state index is -0.282. The second-order valence-electron chi connectivity index (χ2n) is 5.67. The van der Waals surface area contributed by atoms with E-state index in [1.165, 1.54) is 7.11 Å². The van der Waals surface area contributed by atoms with Crippen LogP contribution in [-0.2, 0) is 22.4 Å². The predicted octanol–water partition coefficient (Wildman–Crippen LogP) is 0.936. The van der Waals surface area contributed by atoms with Gasteiger partial charge in [-0.25, -0.2) is 9.97 Å². The van der Waals surface area contributed by atoms with E-state index in [-0.39, 0.29) is 18.3 Å². The van der Waals surface area contributed by atoms with E-state index >= 15 is 0 Å². The number of carbonyl (C=O) groups excluding carboxylic acids is 2. The number of fused-ring (bicyclic) bond motifs is 1. The van der Waals surface area contributed by atoms with Crippen molar-refractivity contribution in [3.63, 3.8) is 0 Å². The van der Waals surface area contributed by atoms with Crippen molar-refractivity contribution in [3.05, 3.63) is 17.1 Å². The maximum absolute atomic E-state index is 12.0. The zero-order valence-electron chi connectivity index (χ0n) is 13.2. The van der Waals surface area contributed by atoms with Gasteiger partial charge in [0.15, 0.2) is 0 Å². The summed E-state index contributed by atoms with van der Waals surface area (Å²) in [5, 5.41) is 5.94. The van der Waals surface area contributed by atoms with Crippen LogP contribution in [0.5, 0.6) is 0 Å². The SMILES string of the molecule is COC(=O)CCNc1nc(CC(C)C)nc2c1CCNC2=O. The summed E-state index contributed by atoms with van der Waals surface area (Å²) in [6.07, 6.45) is 1.64. The zero-order valence-corrected chi connectivity index (χ0v) is 13.2. The summed E-state index contributed by atoms with van der Waals surface area (Å²) in [6, 6.07) is 0. The van der Waals surface area contributed by atoms with Gasteiger partial charge in [-0.3, -0.25) is 9.59 Å². The minimum absolute atomic E-state index is 0.162. The minimum Gasteiger partial charge on any atom is -0.469 e. The third-order valence-corrected chi connectivity index (χ3v) is 3.37. The highest BCUT2D eigenvalue weighted by Gasteiger charge is 2.23. The lowest BCUT2D eigenvalue weighted by Gasteiger charge is -2.20. The molecule has 0 aliphatic carbocycles. The van der Waals surface area contributed by atoms with Gasteiger partial charge in [0, 0.05) is 25.1 Å². The number of rotatable bonds is 6. The molecule has 0 fully saturated rings. The van der Waals surface area contributed by atoms with Crippen molar-refractivity contribution < 1.29 is 14.3 Å². The smallest absolute Gasteiger partial charge is 0.307 e. The molecule has 0 saturated heterocycles. The summed E-state index contributed by atoms with van der Waals surface area (Å²) in [7, 11) is 1.36. The number of hydrogen-bond acceptors (Lipinski definition) is 6. The standard InChI is InChI=1S/C15H22N4O3/c1-9(2)8-11-18-13-10(4-6-17-15(13)21)14(19-11)16-7-5-12(20)22-3/h9H,4-8H2,1-3H3,(H,17,21)(H,16,18,19). The fraction of sp³-hybridized carbons (Fsp3) is 0.600. The van der Waals surface area contributed by atoms with Gasteiger partial charge >= 0.3 is 5.97 Å². The Labute approximate surface area is 129 Å². The van der Waals surface area contributed by atoms with Crippen LogP contribution in [0.3, 0.4) is 0 Å². The van der Waals surface area contributed by atoms with Crippen molar-refractivity contribution >= 4 is 17.7 Å². The molecule has 2 N–H and O–H groups in total. The summed E-state index contributed by atoms with van der Waals surface area (Å²) in [5.74, 6) is 1.25. The topological polar surface area (TPSA) is 93.2 Å². The molecule has 2 heterocycles. The Hall–Kier alpha value is -2.18. The van der Waals surface area contributed by atoms with E-state index < -0.39 is 0 Å². The molecule has 0 radical (unpaired) electrons. The molecule has 0 saturated carbocycles. The lowest BCUT2D eigenvalue weighted by molar-refractivity contribution is -0.140. The molecule has 0 atom stereocenters. The molecule has 0 bridgehead atoms. The first-order valence-electron chi connectivity index (χ1n) is 7.50. The Balaban J connectivity index is 2.23. The van der Waals surface area contributed by atoms with Gasteiger partial charge in [0.05, 0.1) is 13.5 Å². The van der Waals surface area contributed by atoms with Crippen molar-refractivity contribution in [2.75, 3.05) is 25.5 Å². The second-order valence-corrected chi connectivity index (χ2v) is 5.67. The van der Waals surface area contributed by atoms with E-state index in [0.717, 1.165) is 5.56 Å². The third-order valence-electron chi connectivity index (χ3n) is 3.37. The largest absolute Gasteiger partial charge is 0.469 e. The van der Waals surface area contributed by atoms with Gasteiger partial charge in [0.1, 0.15) is 17.3 Å². The maximum atomic E-state index is 12.0. The molecule has 22 heavy (non-hydrogen) atoms. The van der Waals surface area contributed by atoms with Crippen LogP contribution in [0.25, 0.3) is 0 Å². The second kappa shape index (κ2) is 7.20. The van der Waals surface area contributed by atoms with Crippen LogP contribution in [0.4, 0.5) is 5.82 Å². The molecule has 7 heteroatoms. The summed E-state index contributed by atoms with van der Waals surface area (Å²) in [4.78, 5) is 32.1. The van der Waals surface area contributed by atoms with Crippen molar-refractivity contribution in [1.29, 1.82) is 0 Å². The molecule has 2 rings (SSSR count). The van der Waals surface area contributed by atoms with Crippen LogP contribution in [0.1, 0.15) is 42.1 Å². The Bertz CT molecular complexity index is 572. The first kappa shape index (κ1) is 16.2. The molecule has 0 aromatic carbocycles. The number of anilines is 1. The van der Waals surface area contributed by atoms with Gasteiger partial charge < -0.3 is 15.4 Å². The number of amides is 1. The number of ether oxygens (including phenoxy) is 1. The monoisotopic (exact) mass is 306 g/mol. The van der Waals surface area contributed by atoms with Gasteiger partial charge in [-0.2, -0.15) is 0 Å². The van der Waals surface area contributed by atoms with Crippen LogP contribution in [0, 0.1) is 5.92 Å². The first-order valence-corrected chi connectivity index (χ1v) is 7.50. The fourth-order valence-electron chi connectivity index (χ4n) is 2.33. The first-order chi connectivity index (χ1) is 10.5. The van der Waals surface area contributed by atoms with E-state index in [2.05, 4.69) is 39.2 Å². The van der Waals surface area contributed by atoms with Gasteiger partial charge in [-0.15, -0.1) is 0 Å². The average Bonchev–Trinajstić information content (AvgIpc) is 2.47. The Morgan fingerprint density at radius 1 is 1.41 bits per heavy atom. The molecule has 120 valence electrons. The lowest BCUT2D eigenvalue weighted by atomic mass is 10.0. The number of carbonyl (C=O) groups is 2. The van der Waals surface area contributed by atoms with Crippen LogP contribution in [-0.4, -0.2) is 42.0 Å². The highest BCUT2D eigenvalue weighted by Crippen LogP contribution is 2.21. The number of nitrogens with zero attached hydrogens (tertiary/aromatic N) is 2. The summed E-state index contributed by atoms with van der Waals surface area (Å²) < 4.78 is 4.62. The highest BCUT2D eigenvalue weighted by molar-refractivity contribution is 5.96. The fourth-order valence-corrected chi connectivity index (χ4v) is 2.33. The average molecular weight is 306 g/mol. The predicted molar refractivity (Wildman–Crippen MR) is 81.7 cm³/mol. The van der Waals surface area contributed by atoms with Gasteiger partial charge in [-0.1, -0.05) is 13.8 Å². The van der Waals surface area contributed by atoms with Crippen LogP contribution >= 0.6 is 0 Å². The molecule has 1 aromatic heterocycles. The van der Waals surface area contributed by atoms with Gasteiger partial charge in [0.2, 0.25) is 0 Å². The molecule has 0 spiro atoms. The quantitative estimate of drug-likeness (QED) is 0.760. The Morgan fingerprint density at radius 3 is 2.86 bits per heavy atom. The van der Waals surface area contributed by atoms with E-state index in [4.69, 9.17) is 0 Å². The molecule has 0 unspecified atom stereocenters. The van der Waals surface area contributed by atoms with E-state index in [9.17, 15) is 9.59 Å². The van der Waals surface area contributed by atoms with Crippen LogP contribution in [0.15, 0.2) is 0 Å². The maximum Gasteiger partial charge on any atom is 0.307 e. The van der Waals surface area contributed by atoms with Crippen molar-refractivity contribution in [1.82, 2.24) is 15.3 Å². The van der Waals surface area contributed by atoms with Crippen molar-refractivity contribution in [2.45, 2.75) is 33.1 Å². The van der Waals surface area contributed by atoms with E-state index in [1.807, 2.05) is 0 Å². The summed E-state index contributed by atoms with van der Waals surface area (Å²) in [6.45, 7) is 5.14. The number of esters is 1. The highest BCUT2D eigenvalue weighted by atomic mass is 16.5.